The summed E-state index contributed by atoms with van der Waals surface area (Å²) in [6.45, 7) is 0. The van der Waals surface area contributed by atoms with E-state index in [1.54, 1.807) is 26.4 Å². The quantitative estimate of drug-likeness (QED) is 0.741. The SMILES string of the molecule is COc1ccc(C2=NNC(c3ccc(F)cc3)=Nc3ccc(OC)cc32)cc1. The summed E-state index contributed by atoms with van der Waals surface area (Å²) in [5.41, 5.74) is 6.95. The number of benzene rings is 3. The average molecular weight is 375 g/mol. The summed E-state index contributed by atoms with van der Waals surface area (Å²) in [4.78, 5) is 4.71. The molecule has 0 saturated heterocycles. The summed E-state index contributed by atoms with van der Waals surface area (Å²) in [6.07, 6.45) is 0. The van der Waals surface area contributed by atoms with E-state index >= 15 is 0 Å². The predicted octanol–water partition coefficient (Wildman–Crippen LogP) is 4.28. The average Bonchev–Trinajstić information content (AvgIpc) is 2.93. The van der Waals surface area contributed by atoms with Crippen LogP contribution in [0.5, 0.6) is 11.5 Å². The summed E-state index contributed by atoms with van der Waals surface area (Å²) in [6, 6.07) is 19.4. The van der Waals surface area contributed by atoms with Crippen molar-refractivity contribution in [3.63, 3.8) is 0 Å². The van der Waals surface area contributed by atoms with Crippen molar-refractivity contribution in [1.29, 1.82) is 0 Å². The third kappa shape index (κ3) is 3.44. The van der Waals surface area contributed by atoms with Gasteiger partial charge < -0.3 is 9.47 Å². The van der Waals surface area contributed by atoms with Crippen LogP contribution in [0.15, 0.2) is 76.8 Å². The largest absolute Gasteiger partial charge is 0.497 e. The molecule has 3 aromatic carbocycles. The molecule has 0 aromatic heterocycles. The Bertz CT molecular complexity index is 1060. The number of hydrogen-bond acceptors (Lipinski definition) is 5. The molecule has 0 spiro atoms. The lowest BCUT2D eigenvalue weighted by Crippen LogP contribution is -2.19. The molecule has 0 radical (unpaired) electrons. The lowest BCUT2D eigenvalue weighted by molar-refractivity contribution is 0.414. The molecule has 0 saturated carbocycles. The monoisotopic (exact) mass is 375 g/mol. The fraction of sp³-hybridized carbons (Fsp3) is 0.0909. The minimum Gasteiger partial charge on any atom is -0.497 e. The van der Waals surface area contributed by atoms with Crippen LogP contribution in [0.4, 0.5) is 10.1 Å². The molecular weight excluding hydrogens is 357 g/mol. The van der Waals surface area contributed by atoms with Crippen LogP contribution in [0.1, 0.15) is 16.7 Å². The Morgan fingerprint density at radius 3 is 2.11 bits per heavy atom. The van der Waals surface area contributed by atoms with E-state index in [2.05, 4.69) is 10.5 Å². The second-order valence-electron chi connectivity index (χ2n) is 6.15. The molecule has 1 heterocycles. The van der Waals surface area contributed by atoms with Crippen molar-refractivity contribution in [1.82, 2.24) is 5.43 Å². The van der Waals surface area contributed by atoms with E-state index in [0.29, 0.717) is 11.6 Å². The number of methoxy groups -OCH3 is 2. The predicted molar refractivity (Wildman–Crippen MR) is 107 cm³/mol. The summed E-state index contributed by atoms with van der Waals surface area (Å²) < 4.78 is 23.9. The van der Waals surface area contributed by atoms with Gasteiger partial charge in [-0.2, -0.15) is 5.10 Å². The lowest BCUT2D eigenvalue weighted by Gasteiger charge is -2.10. The fourth-order valence-electron chi connectivity index (χ4n) is 2.95. The molecule has 0 fully saturated rings. The number of halogens is 1. The van der Waals surface area contributed by atoms with Gasteiger partial charge in [0.1, 0.15) is 23.0 Å². The van der Waals surface area contributed by atoms with E-state index in [0.717, 1.165) is 33.8 Å². The van der Waals surface area contributed by atoms with Crippen molar-refractivity contribution < 1.29 is 13.9 Å². The van der Waals surface area contributed by atoms with Gasteiger partial charge in [0.25, 0.3) is 0 Å². The Kier molecular flexibility index (Phi) is 4.76. The Hall–Kier alpha value is -3.67. The Morgan fingerprint density at radius 2 is 1.43 bits per heavy atom. The Morgan fingerprint density at radius 1 is 0.786 bits per heavy atom. The van der Waals surface area contributed by atoms with Gasteiger partial charge in [-0.25, -0.2) is 9.38 Å². The highest BCUT2D eigenvalue weighted by Gasteiger charge is 2.18. The number of nitrogens with zero attached hydrogens (tertiary/aromatic N) is 2. The minimum absolute atomic E-state index is 0.300. The zero-order valence-corrected chi connectivity index (χ0v) is 15.4. The van der Waals surface area contributed by atoms with Crippen molar-refractivity contribution in [2.24, 2.45) is 10.1 Å². The van der Waals surface area contributed by atoms with Crippen LogP contribution in [0, 0.1) is 5.82 Å². The van der Waals surface area contributed by atoms with Crippen LogP contribution in [-0.4, -0.2) is 25.8 Å². The number of amidine groups is 1. The second-order valence-corrected chi connectivity index (χ2v) is 6.15. The Balaban J connectivity index is 1.83. The molecule has 3 aromatic rings. The highest BCUT2D eigenvalue weighted by atomic mass is 19.1. The minimum atomic E-state index is -0.300. The van der Waals surface area contributed by atoms with Gasteiger partial charge in [0.2, 0.25) is 0 Å². The van der Waals surface area contributed by atoms with E-state index in [1.807, 2.05) is 42.5 Å². The highest BCUT2D eigenvalue weighted by molar-refractivity contribution is 6.18. The fourth-order valence-corrected chi connectivity index (χ4v) is 2.95. The molecule has 0 amide bonds. The summed E-state index contributed by atoms with van der Waals surface area (Å²) >= 11 is 0. The lowest BCUT2D eigenvalue weighted by atomic mass is 10.0. The number of nitrogens with one attached hydrogen (secondary N) is 1. The van der Waals surface area contributed by atoms with E-state index < -0.39 is 0 Å². The first-order valence-electron chi connectivity index (χ1n) is 8.69. The van der Waals surface area contributed by atoms with Crippen molar-refractivity contribution in [2.45, 2.75) is 0 Å². The van der Waals surface area contributed by atoms with Crippen LogP contribution in [-0.2, 0) is 0 Å². The van der Waals surface area contributed by atoms with Gasteiger partial charge in [-0.1, -0.05) is 0 Å². The van der Waals surface area contributed by atoms with Gasteiger partial charge in [-0.15, -0.1) is 0 Å². The smallest absolute Gasteiger partial charge is 0.154 e. The number of ether oxygens (including phenoxy) is 2. The zero-order chi connectivity index (χ0) is 19.5. The summed E-state index contributed by atoms with van der Waals surface area (Å²) in [5, 5.41) is 4.59. The van der Waals surface area contributed by atoms with Gasteiger partial charge in [0.05, 0.1) is 19.9 Å². The second kappa shape index (κ2) is 7.52. The van der Waals surface area contributed by atoms with Crippen LogP contribution >= 0.6 is 0 Å². The molecule has 1 N–H and O–H groups in total. The molecule has 140 valence electrons. The molecule has 0 unspecified atom stereocenters. The van der Waals surface area contributed by atoms with Gasteiger partial charge in [0.15, 0.2) is 5.84 Å². The number of hydrogen-bond donors (Lipinski definition) is 1. The van der Waals surface area contributed by atoms with Gasteiger partial charge in [0, 0.05) is 16.7 Å². The standard InChI is InChI=1S/C22H18FN3O2/c1-27-17-9-5-14(6-10-17)21-19-13-18(28-2)11-12-20(19)24-22(26-25-21)15-3-7-16(23)8-4-15/h3-13H,1-2H3,(H,24,26). The van der Waals surface area contributed by atoms with Crippen molar-refractivity contribution in [3.05, 3.63) is 89.2 Å². The highest BCUT2D eigenvalue weighted by Crippen LogP contribution is 2.30. The number of hydrazone groups is 1. The number of aliphatic imine (C=N–C) groups is 1. The first-order chi connectivity index (χ1) is 13.7. The zero-order valence-electron chi connectivity index (χ0n) is 15.4. The molecule has 28 heavy (non-hydrogen) atoms. The van der Waals surface area contributed by atoms with Crippen LogP contribution in [0.25, 0.3) is 0 Å². The maximum absolute atomic E-state index is 13.3. The molecule has 0 atom stereocenters. The molecule has 1 aliphatic heterocycles. The van der Waals surface area contributed by atoms with Gasteiger partial charge in [-0.05, 0) is 66.7 Å². The first-order valence-corrected chi connectivity index (χ1v) is 8.69. The molecule has 6 heteroatoms. The van der Waals surface area contributed by atoms with Gasteiger partial charge >= 0.3 is 0 Å². The van der Waals surface area contributed by atoms with Crippen molar-refractivity contribution >= 4 is 17.2 Å². The molecule has 5 nitrogen and oxygen atoms in total. The first kappa shape index (κ1) is 17.7. The van der Waals surface area contributed by atoms with Crippen molar-refractivity contribution in [3.8, 4) is 11.5 Å². The number of rotatable bonds is 4. The molecule has 4 rings (SSSR count). The van der Waals surface area contributed by atoms with Gasteiger partial charge in [-0.3, -0.25) is 5.43 Å². The number of fused-ring (bicyclic) bond motifs is 1. The third-order valence-electron chi connectivity index (χ3n) is 4.45. The van der Waals surface area contributed by atoms with Crippen molar-refractivity contribution in [2.75, 3.05) is 14.2 Å². The van der Waals surface area contributed by atoms with E-state index in [9.17, 15) is 4.39 Å². The maximum atomic E-state index is 13.3. The van der Waals surface area contributed by atoms with E-state index in [-0.39, 0.29) is 5.82 Å². The maximum Gasteiger partial charge on any atom is 0.154 e. The van der Waals surface area contributed by atoms with E-state index in [1.165, 1.54) is 12.1 Å². The Labute approximate surface area is 162 Å². The molecule has 0 bridgehead atoms. The molecule has 1 aliphatic rings. The third-order valence-corrected chi connectivity index (χ3v) is 4.45. The summed E-state index contributed by atoms with van der Waals surface area (Å²) in [5.74, 6) is 1.71. The summed E-state index contributed by atoms with van der Waals surface area (Å²) in [7, 11) is 3.25. The van der Waals surface area contributed by atoms with Crippen LogP contribution < -0.4 is 14.9 Å². The molecule has 0 aliphatic carbocycles. The van der Waals surface area contributed by atoms with E-state index in [4.69, 9.17) is 14.5 Å². The topological polar surface area (TPSA) is 55.2 Å². The van der Waals surface area contributed by atoms with Crippen LogP contribution in [0.2, 0.25) is 0 Å². The van der Waals surface area contributed by atoms with Crippen LogP contribution in [0.3, 0.4) is 0 Å². The molecular formula is C22H18FN3O2. The normalized spacial score (nSPS) is 12.8.